The number of carbonyl (C=O) groups is 1. The number of amides is 1. The van der Waals surface area contributed by atoms with Crippen LogP contribution in [0.15, 0.2) is 0 Å². The third kappa shape index (κ3) is 3.52. The lowest BCUT2D eigenvalue weighted by molar-refractivity contribution is 0.0126. The van der Waals surface area contributed by atoms with E-state index in [1.54, 1.807) is 0 Å². The Kier molecular flexibility index (Phi) is 3.19. The van der Waals surface area contributed by atoms with Gasteiger partial charge in [-0.25, -0.2) is 4.79 Å². The van der Waals surface area contributed by atoms with Crippen molar-refractivity contribution in [1.29, 1.82) is 0 Å². The van der Waals surface area contributed by atoms with E-state index in [0.717, 1.165) is 18.6 Å². The van der Waals surface area contributed by atoms with Gasteiger partial charge in [-0.2, -0.15) is 0 Å². The van der Waals surface area contributed by atoms with E-state index in [1.807, 2.05) is 25.7 Å². The minimum absolute atomic E-state index is 0.156. The second-order valence-electron chi connectivity index (χ2n) is 6.45. The molecule has 1 saturated heterocycles. The van der Waals surface area contributed by atoms with Gasteiger partial charge in [0.2, 0.25) is 0 Å². The SMILES string of the molecule is CC(C)(C)OC(=O)N1CC([Si](C)(C)C)C1. The van der Waals surface area contributed by atoms with Crippen molar-refractivity contribution >= 4 is 14.2 Å². The lowest BCUT2D eigenvalue weighted by Crippen LogP contribution is -2.55. The Morgan fingerprint density at radius 1 is 1.27 bits per heavy atom. The number of hydrogen-bond donors (Lipinski definition) is 0. The molecule has 0 saturated carbocycles. The fraction of sp³-hybridized carbons (Fsp3) is 0.909. The Labute approximate surface area is 93.8 Å². The number of nitrogens with zero attached hydrogens (tertiary/aromatic N) is 1. The van der Waals surface area contributed by atoms with Gasteiger partial charge in [-0.15, -0.1) is 0 Å². The van der Waals surface area contributed by atoms with Crippen molar-refractivity contribution in [2.45, 2.75) is 51.6 Å². The van der Waals surface area contributed by atoms with E-state index in [2.05, 4.69) is 19.6 Å². The molecule has 0 aromatic heterocycles. The van der Waals surface area contributed by atoms with Crippen LogP contribution in [0.3, 0.4) is 0 Å². The van der Waals surface area contributed by atoms with Crippen LogP contribution in [0.4, 0.5) is 4.79 Å². The molecule has 0 radical (unpaired) electrons. The Balaban J connectivity index is 2.37. The first-order chi connectivity index (χ1) is 6.59. The van der Waals surface area contributed by atoms with E-state index >= 15 is 0 Å². The van der Waals surface area contributed by atoms with E-state index in [4.69, 9.17) is 4.74 Å². The van der Waals surface area contributed by atoms with Crippen LogP contribution >= 0.6 is 0 Å². The zero-order valence-electron chi connectivity index (χ0n) is 10.8. The Morgan fingerprint density at radius 2 is 1.73 bits per heavy atom. The van der Waals surface area contributed by atoms with Crippen molar-refractivity contribution < 1.29 is 9.53 Å². The molecule has 1 aliphatic rings. The molecule has 4 heteroatoms. The summed E-state index contributed by atoms with van der Waals surface area (Å²) in [5.41, 5.74) is 0.367. The second-order valence-corrected chi connectivity index (χ2v) is 12.0. The molecule has 0 aromatic rings. The van der Waals surface area contributed by atoms with Crippen molar-refractivity contribution in [3.8, 4) is 0 Å². The van der Waals surface area contributed by atoms with Gasteiger partial charge in [0.25, 0.3) is 0 Å². The lowest BCUT2D eigenvalue weighted by Gasteiger charge is -2.45. The molecule has 3 nitrogen and oxygen atoms in total. The fourth-order valence-electron chi connectivity index (χ4n) is 1.50. The zero-order valence-corrected chi connectivity index (χ0v) is 11.8. The summed E-state index contributed by atoms with van der Waals surface area (Å²) in [5, 5.41) is 0. The number of carbonyl (C=O) groups excluding carboxylic acids is 1. The number of rotatable bonds is 1. The first-order valence-electron chi connectivity index (χ1n) is 5.57. The first kappa shape index (κ1) is 12.6. The predicted octanol–water partition coefficient (Wildman–Crippen LogP) is 2.95. The largest absolute Gasteiger partial charge is 0.444 e. The quantitative estimate of drug-likeness (QED) is 0.647. The van der Waals surface area contributed by atoms with Crippen molar-refractivity contribution in [1.82, 2.24) is 4.90 Å². The van der Waals surface area contributed by atoms with Gasteiger partial charge < -0.3 is 9.64 Å². The molecule has 0 spiro atoms. The van der Waals surface area contributed by atoms with Crippen LogP contribution in [0, 0.1) is 0 Å². The smallest absolute Gasteiger partial charge is 0.410 e. The minimum Gasteiger partial charge on any atom is -0.444 e. The Morgan fingerprint density at radius 3 is 2.07 bits per heavy atom. The molecule has 0 atom stereocenters. The molecule has 1 amide bonds. The van der Waals surface area contributed by atoms with Gasteiger partial charge in [-0.3, -0.25) is 0 Å². The van der Waals surface area contributed by atoms with Gasteiger partial charge in [0, 0.05) is 13.1 Å². The second kappa shape index (κ2) is 3.81. The molecule has 0 N–H and O–H groups in total. The summed E-state index contributed by atoms with van der Waals surface area (Å²) in [7, 11) is -1.07. The third-order valence-electron chi connectivity index (χ3n) is 2.76. The number of likely N-dealkylation sites (tertiary alicyclic amines) is 1. The molecule has 0 aliphatic carbocycles. The molecule has 1 aliphatic heterocycles. The summed E-state index contributed by atoms with van der Waals surface area (Å²) in [6.07, 6.45) is -0.156. The monoisotopic (exact) mass is 229 g/mol. The fourth-order valence-corrected chi connectivity index (χ4v) is 3.04. The zero-order chi connectivity index (χ0) is 11.9. The third-order valence-corrected chi connectivity index (χ3v) is 5.57. The minimum atomic E-state index is -1.07. The van der Waals surface area contributed by atoms with Crippen LogP contribution in [-0.4, -0.2) is 37.8 Å². The highest BCUT2D eigenvalue weighted by molar-refractivity contribution is 6.77. The number of ether oxygens (including phenoxy) is 1. The molecule has 15 heavy (non-hydrogen) atoms. The van der Waals surface area contributed by atoms with Gasteiger partial charge in [0.15, 0.2) is 0 Å². The van der Waals surface area contributed by atoms with Gasteiger partial charge in [0.1, 0.15) is 5.60 Å². The highest BCUT2D eigenvalue weighted by Gasteiger charge is 2.40. The molecular weight excluding hydrogens is 206 g/mol. The van der Waals surface area contributed by atoms with E-state index in [-0.39, 0.29) is 11.7 Å². The highest BCUT2D eigenvalue weighted by Crippen LogP contribution is 2.32. The van der Waals surface area contributed by atoms with E-state index < -0.39 is 8.07 Å². The Hall–Kier alpha value is -0.513. The normalized spacial score (nSPS) is 18.7. The Bertz CT molecular complexity index is 246. The molecule has 88 valence electrons. The average molecular weight is 229 g/mol. The molecule has 0 aromatic carbocycles. The maximum atomic E-state index is 11.6. The molecular formula is C11H23NO2Si. The average Bonchev–Trinajstić information content (AvgIpc) is 1.72. The van der Waals surface area contributed by atoms with Crippen LogP contribution in [0.1, 0.15) is 20.8 Å². The maximum absolute atomic E-state index is 11.6. The maximum Gasteiger partial charge on any atom is 0.410 e. The summed E-state index contributed by atoms with van der Waals surface area (Å²) >= 11 is 0. The summed E-state index contributed by atoms with van der Waals surface area (Å²) in [6, 6.07) is 0. The topological polar surface area (TPSA) is 29.5 Å². The van der Waals surface area contributed by atoms with E-state index in [1.165, 1.54) is 0 Å². The molecule has 0 unspecified atom stereocenters. The number of hydrogen-bond acceptors (Lipinski definition) is 2. The first-order valence-corrected chi connectivity index (χ1v) is 9.15. The molecule has 1 heterocycles. The van der Waals surface area contributed by atoms with E-state index in [0.29, 0.717) is 0 Å². The van der Waals surface area contributed by atoms with Gasteiger partial charge in [-0.1, -0.05) is 19.6 Å². The summed E-state index contributed by atoms with van der Waals surface area (Å²) in [5.74, 6) is 0. The lowest BCUT2D eigenvalue weighted by atomic mass is 10.2. The van der Waals surface area contributed by atoms with Crippen LogP contribution in [-0.2, 0) is 4.74 Å². The molecule has 0 bridgehead atoms. The summed E-state index contributed by atoms with van der Waals surface area (Å²) in [4.78, 5) is 13.4. The van der Waals surface area contributed by atoms with Crippen LogP contribution in [0.5, 0.6) is 0 Å². The van der Waals surface area contributed by atoms with Crippen LogP contribution in [0.2, 0.25) is 25.2 Å². The van der Waals surface area contributed by atoms with Gasteiger partial charge in [-0.05, 0) is 26.3 Å². The van der Waals surface area contributed by atoms with Crippen molar-refractivity contribution in [2.24, 2.45) is 0 Å². The van der Waals surface area contributed by atoms with Crippen LogP contribution in [0.25, 0.3) is 0 Å². The highest BCUT2D eigenvalue weighted by atomic mass is 28.3. The van der Waals surface area contributed by atoms with Crippen molar-refractivity contribution in [2.75, 3.05) is 13.1 Å². The van der Waals surface area contributed by atoms with Crippen molar-refractivity contribution in [3.63, 3.8) is 0 Å². The van der Waals surface area contributed by atoms with Crippen LogP contribution < -0.4 is 0 Å². The summed E-state index contributed by atoms with van der Waals surface area (Å²) in [6.45, 7) is 14.6. The molecule has 1 fully saturated rings. The van der Waals surface area contributed by atoms with Crippen molar-refractivity contribution in [3.05, 3.63) is 0 Å². The predicted molar refractivity (Wildman–Crippen MR) is 64.9 cm³/mol. The molecule has 1 rings (SSSR count). The van der Waals surface area contributed by atoms with Gasteiger partial charge in [0.05, 0.1) is 8.07 Å². The standard InChI is InChI=1S/C11H23NO2Si/c1-11(2,3)14-10(13)12-7-9(8-12)15(4,5)6/h9H,7-8H2,1-6H3. The van der Waals surface area contributed by atoms with E-state index in [9.17, 15) is 4.79 Å². The van der Waals surface area contributed by atoms with Gasteiger partial charge >= 0.3 is 6.09 Å². The summed E-state index contributed by atoms with van der Waals surface area (Å²) < 4.78 is 5.31.